The van der Waals surface area contributed by atoms with Crippen molar-refractivity contribution in [2.75, 3.05) is 7.11 Å². The molecule has 0 aromatic heterocycles. The van der Waals surface area contributed by atoms with Crippen LogP contribution < -0.4 is 0 Å². The largest absolute Gasteiger partial charge is 0.469 e. The van der Waals surface area contributed by atoms with Crippen LogP contribution in [0.4, 0.5) is 8.78 Å². The van der Waals surface area contributed by atoms with Crippen molar-refractivity contribution >= 4 is 17.6 Å². The number of hydrogen-bond acceptors (Lipinski definition) is 2. The highest BCUT2D eigenvalue weighted by Crippen LogP contribution is 2.30. The molecule has 1 aromatic carbocycles. The van der Waals surface area contributed by atoms with E-state index in [1.807, 2.05) is 0 Å². The first-order valence-electron chi connectivity index (χ1n) is 4.68. The quantitative estimate of drug-likeness (QED) is 0.764. The van der Waals surface area contributed by atoms with Gasteiger partial charge in [0.25, 0.3) is 6.43 Å². The highest BCUT2D eigenvalue weighted by atomic mass is 35.5. The Morgan fingerprint density at radius 2 is 2.19 bits per heavy atom. The zero-order valence-corrected chi connectivity index (χ0v) is 9.43. The second-order valence-corrected chi connectivity index (χ2v) is 3.60. The number of carbonyl (C=O) groups is 1. The standard InChI is InChI=1S/C11H11ClF2O2/c1-16-9(15)6-5-7-3-2-4-8(12)10(7)11(13)14/h2-4,11H,5-6H2,1H3. The number of aryl methyl sites for hydroxylation is 1. The summed E-state index contributed by atoms with van der Waals surface area (Å²) in [5, 5.41) is 0.0253. The number of carbonyl (C=O) groups excluding carboxylic acids is 1. The molecule has 0 aliphatic carbocycles. The molecule has 0 heterocycles. The van der Waals surface area contributed by atoms with E-state index in [-0.39, 0.29) is 23.4 Å². The van der Waals surface area contributed by atoms with Crippen molar-refractivity contribution in [2.45, 2.75) is 19.3 Å². The van der Waals surface area contributed by atoms with Crippen LogP contribution in [-0.2, 0) is 16.0 Å². The number of benzene rings is 1. The molecule has 1 aromatic rings. The van der Waals surface area contributed by atoms with E-state index in [1.54, 1.807) is 6.07 Å². The van der Waals surface area contributed by atoms with Gasteiger partial charge in [-0.2, -0.15) is 0 Å². The monoisotopic (exact) mass is 248 g/mol. The lowest BCUT2D eigenvalue weighted by molar-refractivity contribution is -0.140. The van der Waals surface area contributed by atoms with Crippen molar-refractivity contribution in [1.29, 1.82) is 0 Å². The summed E-state index contributed by atoms with van der Waals surface area (Å²) in [4.78, 5) is 10.9. The van der Waals surface area contributed by atoms with Crippen LogP contribution in [0, 0.1) is 0 Å². The number of alkyl halides is 2. The normalized spacial score (nSPS) is 10.6. The average molecular weight is 249 g/mol. The molecule has 0 bridgehead atoms. The maximum Gasteiger partial charge on any atom is 0.305 e. The van der Waals surface area contributed by atoms with Crippen LogP contribution in [0.2, 0.25) is 5.02 Å². The van der Waals surface area contributed by atoms with E-state index >= 15 is 0 Å². The third-order valence-electron chi connectivity index (χ3n) is 2.19. The van der Waals surface area contributed by atoms with Gasteiger partial charge in [-0.3, -0.25) is 4.79 Å². The van der Waals surface area contributed by atoms with Gasteiger partial charge in [-0.15, -0.1) is 0 Å². The molecule has 0 aliphatic heterocycles. The van der Waals surface area contributed by atoms with E-state index in [1.165, 1.54) is 19.2 Å². The molecular weight excluding hydrogens is 238 g/mol. The predicted molar refractivity (Wildman–Crippen MR) is 56.7 cm³/mol. The van der Waals surface area contributed by atoms with Gasteiger partial charge in [0.2, 0.25) is 0 Å². The van der Waals surface area contributed by atoms with Crippen LogP contribution >= 0.6 is 11.6 Å². The van der Waals surface area contributed by atoms with E-state index in [0.717, 1.165) is 0 Å². The summed E-state index contributed by atoms with van der Waals surface area (Å²) < 4.78 is 29.8. The number of ether oxygens (including phenoxy) is 1. The van der Waals surface area contributed by atoms with E-state index in [9.17, 15) is 13.6 Å². The van der Waals surface area contributed by atoms with Crippen molar-refractivity contribution < 1.29 is 18.3 Å². The van der Waals surface area contributed by atoms with Gasteiger partial charge >= 0.3 is 5.97 Å². The number of esters is 1. The molecule has 0 saturated heterocycles. The van der Waals surface area contributed by atoms with Crippen molar-refractivity contribution in [3.05, 3.63) is 34.3 Å². The Morgan fingerprint density at radius 1 is 1.50 bits per heavy atom. The molecule has 16 heavy (non-hydrogen) atoms. The zero-order valence-electron chi connectivity index (χ0n) is 8.67. The summed E-state index contributed by atoms with van der Waals surface area (Å²) in [5.41, 5.74) is 0.181. The third-order valence-corrected chi connectivity index (χ3v) is 2.52. The molecule has 0 unspecified atom stereocenters. The Labute approximate surface area is 97.2 Å². The van der Waals surface area contributed by atoms with Crippen molar-refractivity contribution in [2.24, 2.45) is 0 Å². The highest BCUT2D eigenvalue weighted by molar-refractivity contribution is 6.31. The summed E-state index contributed by atoms with van der Waals surface area (Å²) in [5.74, 6) is -0.430. The predicted octanol–water partition coefficient (Wildman–Crippen LogP) is 3.38. The maximum atomic E-state index is 12.7. The molecule has 0 amide bonds. The van der Waals surface area contributed by atoms with E-state index < -0.39 is 12.4 Å². The van der Waals surface area contributed by atoms with Crippen LogP contribution in [0.3, 0.4) is 0 Å². The van der Waals surface area contributed by atoms with Crippen LogP contribution in [0.15, 0.2) is 18.2 Å². The second-order valence-electron chi connectivity index (χ2n) is 3.19. The molecule has 0 N–H and O–H groups in total. The van der Waals surface area contributed by atoms with Crippen molar-refractivity contribution in [1.82, 2.24) is 0 Å². The number of hydrogen-bond donors (Lipinski definition) is 0. The fourth-order valence-corrected chi connectivity index (χ4v) is 1.66. The first kappa shape index (κ1) is 12.9. The summed E-state index contributed by atoms with van der Waals surface area (Å²) in [6.07, 6.45) is -2.37. The minimum Gasteiger partial charge on any atom is -0.469 e. The smallest absolute Gasteiger partial charge is 0.305 e. The minimum absolute atomic E-state index is 0.0253. The van der Waals surface area contributed by atoms with Crippen LogP contribution in [0.5, 0.6) is 0 Å². The molecule has 1 rings (SSSR count). The Morgan fingerprint density at radius 3 is 2.75 bits per heavy atom. The highest BCUT2D eigenvalue weighted by Gasteiger charge is 2.17. The van der Waals surface area contributed by atoms with Gasteiger partial charge in [0.05, 0.1) is 7.11 Å². The van der Waals surface area contributed by atoms with Gasteiger partial charge in [-0.25, -0.2) is 8.78 Å². The number of halogens is 3. The number of rotatable bonds is 4. The first-order valence-corrected chi connectivity index (χ1v) is 5.06. The van der Waals surface area contributed by atoms with Gasteiger partial charge in [-0.05, 0) is 18.1 Å². The number of methoxy groups -OCH3 is 1. The van der Waals surface area contributed by atoms with E-state index in [4.69, 9.17) is 11.6 Å². The molecule has 2 nitrogen and oxygen atoms in total. The van der Waals surface area contributed by atoms with Crippen molar-refractivity contribution in [3.8, 4) is 0 Å². The average Bonchev–Trinajstić information content (AvgIpc) is 2.25. The fourth-order valence-electron chi connectivity index (χ4n) is 1.38. The Kier molecular flexibility index (Phi) is 4.68. The third kappa shape index (κ3) is 3.17. The van der Waals surface area contributed by atoms with Gasteiger partial charge < -0.3 is 4.74 Å². The van der Waals surface area contributed by atoms with E-state index in [0.29, 0.717) is 5.56 Å². The maximum absolute atomic E-state index is 12.7. The zero-order chi connectivity index (χ0) is 12.1. The summed E-state index contributed by atoms with van der Waals surface area (Å²) in [6.45, 7) is 0. The molecule has 88 valence electrons. The lowest BCUT2D eigenvalue weighted by atomic mass is 10.0. The molecule has 0 aliphatic rings. The summed E-state index contributed by atoms with van der Waals surface area (Å²) >= 11 is 5.68. The first-order chi connectivity index (χ1) is 7.56. The molecule has 0 radical (unpaired) electrons. The SMILES string of the molecule is COC(=O)CCc1cccc(Cl)c1C(F)F. The Bertz CT molecular complexity index is 380. The molecule has 0 spiro atoms. The molecular formula is C11H11ClF2O2. The summed E-state index contributed by atoms with van der Waals surface area (Å²) in [6, 6.07) is 4.53. The molecule has 0 atom stereocenters. The lowest BCUT2D eigenvalue weighted by Crippen LogP contribution is -2.04. The van der Waals surface area contributed by atoms with Crippen LogP contribution in [0.25, 0.3) is 0 Å². The second kappa shape index (κ2) is 5.80. The van der Waals surface area contributed by atoms with E-state index in [2.05, 4.69) is 4.74 Å². The molecule has 0 fully saturated rings. The lowest BCUT2D eigenvalue weighted by Gasteiger charge is -2.09. The summed E-state index contributed by atoms with van der Waals surface area (Å²) in [7, 11) is 1.26. The molecule has 0 saturated carbocycles. The van der Waals surface area contributed by atoms with Gasteiger partial charge in [0.15, 0.2) is 0 Å². The minimum atomic E-state index is -2.64. The Hall–Kier alpha value is -1.16. The fraction of sp³-hybridized carbons (Fsp3) is 0.364. The Balaban J connectivity index is 2.87. The van der Waals surface area contributed by atoms with Crippen LogP contribution in [0.1, 0.15) is 24.0 Å². The van der Waals surface area contributed by atoms with Gasteiger partial charge in [-0.1, -0.05) is 23.7 Å². The van der Waals surface area contributed by atoms with Gasteiger partial charge in [0.1, 0.15) is 0 Å². The van der Waals surface area contributed by atoms with Crippen LogP contribution in [-0.4, -0.2) is 13.1 Å². The topological polar surface area (TPSA) is 26.3 Å². The van der Waals surface area contributed by atoms with Gasteiger partial charge in [0, 0.05) is 17.0 Å². The van der Waals surface area contributed by atoms with Crippen molar-refractivity contribution in [3.63, 3.8) is 0 Å². The molecule has 5 heteroatoms.